The molecule has 12 heteroatoms. The Morgan fingerprint density at radius 2 is 1.16 bits per heavy atom. The molecule has 0 aromatic heterocycles. The zero-order valence-corrected chi connectivity index (χ0v) is 13.8. The Bertz CT molecular complexity index is 391. The molecular weight excluding hydrogens is 340 g/mol. The zero-order chi connectivity index (χ0) is 20.4. The summed E-state index contributed by atoms with van der Waals surface area (Å²) in [4.78, 5) is 39.1. The van der Waals surface area contributed by atoms with Gasteiger partial charge in [0.25, 0.3) is 0 Å². The normalized spacial score (nSPS) is 10.6. The van der Waals surface area contributed by atoms with Gasteiger partial charge in [0, 0.05) is 6.42 Å². The van der Waals surface area contributed by atoms with Crippen LogP contribution in [0, 0.1) is 0 Å². The fraction of sp³-hybridized carbons (Fsp3) is 0.692. The summed E-state index contributed by atoms with van der Waals surface area (Å²) in [6, 6.07) is -2.51. The summed E-state index contributed by atoms with van der Waals surface area (Å²) in [6.45, 7) is 1.07. The first kappa shape index (κ1) is 27.6. The molecule has 0 aromatic rings. The van der Waals surface area contributed by atoms with E-state index in [4.69, 9.17) is 37.6 Å². The number of hydrogen-bond donors (Lipinski definition) is 8. The van der Waals surface area contributed by atoms with Gasteiger partial charge in [0.05, 0.1) is 0 Å². The molecule has 0 saturated heterocycles. The van der Waals surface area contributed by atoms with Crippen LogP contribution in [0.4, 0.5) is 0 Å². The Hall–Kier alpha value is -2.28. The Kier molecular flexibility index (Phi) is 19.9. The van der Waals surface area contributed by atoms with Crippen LogP contribution in [0.25, 0.3) is 0 Å². The van der Waals surface area contributed by atoms with Crippen molar-refractivity contribution in [3.63, 3.8) is 0 Å². The van der Waals surface area contributed by atoms with Crippen LogP contribution in [0.1, 0.15) is 32.1 Å². The molecule has 0 amide bonds. The monoisotopic (exact) mass is 368 g/mol. The Morgan fingerprint density at radius 3 is 1.36 bits per heavy atom. The lowest BCUT2D eigenvalue weighted by Crippen LogP contribution is -2.38. The van der Waals surface area contributed by atoms with Gasteiger partial charge < -0.3 is 43.4 Å². The first-order chi connectivity index (χ1) is 11.5. The molecule has 0 fully saturated rings. The molecule has 0 aromatic carbocycles. The third-order valence-corrected chi connectivity index (χ3v) is 2.41. The van der Waals surface area contributed by atoms with Gasteiger partial charge in [-0.25, -0.2) is 9.59 Å². The van der Waals surface area contributed by atoms with Crippen molar-refractivity contribution < 1.29 is 39.6 Å². The predicted molar refractivity (Wildman–Crippen MR) is 87.7 cm³/mol. The lowest BCUT2D eigenvalue weighted by molar-refractivity contribution is -0.149. The molecule has 1 unspecified atom stereocenters. The standard InChI is InChI=1S/C6H14N2O2.C4H9NO2.C3H5NO4/c7-4-2-1-3-5(8)6(9)10;5-3-1-2-4(6)7;4-1(2(5)6)3(7)8/h5H,1-4,7-8H2,(H,9,10);1-3,5H2,(H,6,7);1H,4H2,(H,5,6)(H,7,8). The van der Waals surface area contributed by atoms with E-state index in [-0.39, 0.29) is 6.42 Å². The van der Waals surface area contributed by atoms with Crippen LogP contribution in [0.3, 0.4) is 0 Å². The second-order valence-corrected chi connectivity index (χ2v) is 4.67. The molecule has 12 N–H and O–H groups in total. The molecule has 25 heavy (non-hydrogen) atoms. The van der Waals surface area contributed by atoms with Crippen LogP contribution >= 0.6 is 0 Å². The number of hydrogen-bond acceptors (Lipinski definition) is 8. The van der Waals surface area contributed by atoms with Crippen molar-refractivity contribution in [3.8, 4) is 0 Å². The molecule has 0 spiro atoms. The average molecular weight is 368 g/mol. The number of carbonyl (C=O) groups is 4. The summed E-state index contributed by atoms with van der Waals surface area (Å²) >= 11 is 0. The van der Waals surface area contributed by atoms with E-state index in [9.17, 15) is 19.2 Å². The van der Waals surface area contributed by atoms with E-state index in [1.165, 1.54) is 0 Å². The van der Waals surface area contributed by atoms with E-state index in [1.807, 2.05) is 0 Å². The van der Waals surface area contributed by atoms with Gasteiger partial charge in [0.2, 0.25) is 6.04 Å². The number of unbranched alkanes of at least 4 members (excludes halogenated alkanes) is 1. The van der Waals surface area contributed by atoms with E-state index in [0.29, 0.717) is 25.9 Å². The third-order valence-electron chi connectivity index (χ3n) is 2.41. The van der Waals surface area contributed by atoms with Crippen molar-refractivity contribution >= 4 is 23.9 Å². The van der Waals surface area contributed by atoms with E-state index >= 15 is 0 Å². The molecule has 12 nitrogen and oxygen atoms in total. The van der Waals surface area contributed by atoms with Crippen LogP contribution in [-0.2, 0) is 19.2 Å². The van der Waals surface area contributed by atoms with Gasteiger partial charge in [-0.05, 0) is 32.4 Å². The largest absolute Gasteiger partial charge is 0.481 e. The molecule has 0 bridgehead atoms. The fourth-order valence-electron chi connectivity index (χ4n) is 0.991. The number of aliphatic carboxylic acids is 4. The quantitative estimate of drug-likeness (QED) is 0.151. The van der Waals surface area contributed by atoms with Gasteiger partial charge in [0.1, 0.15) is 6.04 Å². The average Bonchev–Trinajstić information content (AvgIpc) is 2.53. The predicted octanol–water partition coefficient (Wildman–Crippen LogP) is -2.18. The summed E-state index contributed by atoms with van der Waals surface area (Å²) in [6.07, 6.45) is 2.93. The summed E-state index contributed by atoms with van der Waals surface area (Å²) in [5, 5.41) is 32.0. The smallest absolute Gasteiger partial charge is 0.332 e. The molecule has 0 radical (unpaired) electrons. The van der Waals surface area contributed by atoms with Gasteiger partial charge in [-0.3, -0.25) is 9.59 Å². The van der Waals surface area contributed by atoms with Crippen molar-refractivity contribution in [1.82, 2.24) is 0 Å². The van der Waals surface area contributed by atoms with Crippen molar-refractivity contribution in [3.05, 3.63) is 0 Å². The van der Waals surface area contributed by atoms with Crippen molar-refractivity contribution in [1.29, 1.82) is 0 Å². The zero-order valence-electron chi connectivity index (χ0n) is 13.8. The molecular formula is C13H28N4O8. The number of nitrogens with two attached hydrogens (primary N) is 4. The van der Waals surface area contributed by atoms with E-state index in [2.05, 4.69) is 5.73 Å². The topological polar surface area (TPSA) is 253 Å². The minimum absolute atomic E-state index is 0.191. The van der Waals surface area contributed by atoms with Gasteiger partial charge in [-0.15, -0.1) is 0 Å². The molecule has 0 aliphatic heterocycles. The highest BCUT2D eigenvalue weighted by atomic mass is 16.4. The summed E-state index contributed by atoms with van der Waals surface area (Å²) in [5.74, 6) is -4.77. The maximum Gasteiger partial charge on any atom is 0.332 e. The number of carboxylic acid groups (broad SMARTS) is 4. The summed E-state index contributed by atoms with van der Waals surface area (Å²) in [5.41, 5.74) is 20.0. The maximum atomic E-state index is 10.1. The van der Waals surface area contributed by atoms with Gasteiger partial charge >= 0.3 is 23.9 Å². The second kappa shape index (κ2) is 18.1. The van der Waals surface area contributed by atoms with Crippen LogP contribution in [0.5, 0.6) is 0 Å². The van der Waals surface area contributed by atoms with Crippen LogP contribution in [0.15, 0.2) is 0 Å². The SMILES string of the molecule is NC(C(=O)O)C(=O)O.NCCCC(=O)O.NCCCCC(N)C(=O)O. The minimum atomic E-state index is -1.80. The first-order valence-corrected chi connectivity index (χ1v) is 7.32. The van der Waals surface area contributed by atoms with Crippen LogP contribution in [0.2, 0.25) is 0 Å². The lowest BCUT2D eigenvalue weighted by atomic mass is 10.1. The van der Waals surface area contributed by atoms with E-state index < -0.39 is 36.0 Å². The molecule has 0 saturated carbocycles. The Balaban J connectivity index is -0.000000296. The highest BCUT2D eigenvalue weighted by Crippen LogP contribution is 1.96. The van der Waals surface area contributed by atoms with Gasteiger partial charge in [0.15, 0.2) is 0 Å². The van der Waals surface area contributed by atoms with Crippen molar-refractivity contribution in [2.24, 2.45) is 22.9 Å². The van der Waals surface area contributed by atoms with Crippen molar-refractivity contribution in [2.45, 2.75) is 44.2 Å². The molecule has 0 aliphatic rings. The van der Waals surface area contributed by atoms with E-state index in [1.54, 1.807) is 0 Å². The van der Waals surface area contributed by atoms with E-state index in [0.717, 1.165) is 12.8 Å². The lowest BCUT2D eigenvalue weighted by Gasteiger charge is -2.03. The number of carboxylic acids is 4. The second-order valence-electron chi connectivity index (χ2n) is 4.67. The highest BCUT2D eigenvalue weighted by Gasteiger charge is 2.18. The minimum Gasteiger partial charge on any atom is -0.481 e. The van der Waals surface area contributed by atoms with Crippen molar-refractivity contribution in [2.75, 3.05) is 13.1 Å². The molecule has 0 heterocycles. The first-order valence-electron chi connectivity index (χ1n) is 7.32. The fourth-order valence-corrected chi connectivity index (χ4v) is 0.991. The Labute approximate surface area is 144 Å². The maximum absolute atomic E-state index is 10.1. The molecule has 1 atom stereocenters. The molecule has 0 rings (SSSR count). The number of rotatable bonds is 10. The highest BCUT2D eigenvalue weighted by molar-refractivity contribution is 5.96. The van der Waals surface area contributed by atoms with Gasteiger partial charge in [-0.1, -0.05) is 6.42 Å². The van der Waals surface area contributed by atoms with Gasteiger partial charge in [-0.2, -0.15) is 0 Å². The third kappa shape index (κ3) is 24.1. The molecule has 148 valence electrons. The van der Waals surface area contributed by atoms with Crippen LogP contribution < -0.4 is 22.9 Å². The Morgan fingerprint density at radius 1 is 0.720 bits per heavy atom. The molecule has 0 aliphatic carbocycles. The van der Waals surface area contributed by atoms with Crippen LogP contribution in [-0.4, -0.2) is 69.5 Å². The summed E-state index contributed by atoms with van der Waals surface area (Å²) in [7, 11) is 0. The summed E-state index contributed by atoms with van der Waals surface area (Å²) < 4.78 is 0.